The van der Waals surface area contributed by atoms with Crippen molar-refractivity contribution in [2.24, 2.45) is 0 Å². The molecule has 0 spiro atoms. The average molecular weight is 330 g/mol. The second-order valence-electron chi connectivity index (χ2n) is 5.06. The van der Waals surface area contributed by atoms with Crippen LogP contribution in [0.5, 0.6) is 5.06 Å². The Morgan fingerprint density at radius 3 is 2.78 bits per heavy atom. The molecule has 6 heteroatoms. The van der Waals surface area contributed by atoms with Crippen LogP contribution in [0.15, 0.2) is 18.2 Å². The van der Waals surface area contributed by atoms with Crippen LogP contribution in [0.2, 0.25) is 0 Å². The Balaban J connectivity index is 2.26. The van der Waals surface area contributed by atoms with Gasteiger partial charge >= 0.3 is 5.97 Å². The quantitative estimate of drug-likeness (QED) is 0.847. The molecule has 23 heavy (non-hydrogen) atoms. The number of nitrogens with two attached hydrogens (primary N) is 1. The minimum Gasteiger partial charge on any atom is -0.478 e. The van der Waals surface area contributed by atoms with Crippen molar-refractivity contribution in [3.05, 3.63) is 45.3 Å². The van der Waals surface area contributed by atoms with Crippen molar-refractivity contribution in [3.63, 3.8) is 0 Å². The maximum Gasteiger partial charge on any atom is 0.350 e. The minimum atomic E-state index is -0.534. The Bertz CT molecular complexity index is 775. The second kappa shape index (κ2) is 7.16. The zero-order valence-electron chi connectivity index (χ0n) is 13.3. The van der Waals surface area contributed by atoms with Gasteiger partial charge in [-0.3, -0.25) is 0 Å². The average Bonchev–Trinajstić information content (AvgIpc) is 2.84. The van der Waals surface area contributed by atoms with Crippen LogP contribution in [0.3, 0.4) is 0 Å². The van der Waals surface area contributed by atoms with Gasteiger partial charge in [0.25, 0.3) is 0 Å². The number of rotatable bonds is 5. The molecule has 0 bridgehead atoms. The predicted octanol–water partition coefficient (Wildman–Crippen LogP) is 3.57. The number of benzene rings is 1. The third-order valence-electron chi connectivity index (χ3n) is 3.35. The highest BCUT2D eigenvalue weighted by Gasteiger charge is 2.23. The van der Waals surface area contributed by atoms with Gasteiger partial charge in [0.1, 0.15) is 23.1 Å². The molecule has 0 amide bonds. The highest BCUT2D eigenvalue weighted by atomic mass is 32.1. The van der Waals surface area contributed by atoms with E-state index in [1.54, 1.807) is 6.92 Å². The topological polar surface area (TPSA) is 85.3 Å². The maximum absolute atomic E-state index is 11.9. The number of anilines is 1. The van der Waals surface area contributed by atoms with Crippen LogP contribution in [0.1, 0.15) is 38.8 Å². The summed E-state index contributed by atoms with van der Waals surface area (Å²) in [5, 5.41) is 9.61. The molecule has 2 rings (SSSR count). The van der Waals surface area contributed by atoms with E-state index in [-0.39, 0.29) is 22.7 Å². The molecule has 1 heterocycles. The molecule has 0 unspecified atom stereocenters. The van der Waals surface area contributed by atoms with Gasteiger partial charge in [-0.15, -0.1) is 0 Å². The zero-order valence-corrected chi connectivity index (χ0v) is 14.1. The van der Waals surface area contributed by atoms with Crippen LogP contribution >= 0.6 is 11.3 Å². The van der Waals surface area contributed by atoms with Gasteiger partial charge in [-0.2, -0.15) is 5.26 Å². The van der Waals surface area contributed by atoms with Crippen molar-refractivity contribution in [2.45, 2.75) is 27.4 Å². The van der Waals surface area contributed by atoms with Gasteiger partial charge in [-0.25, -0.2) is 4.79 Å². The summed E-state index contributed by atoms with van der Waals surface area (Å²) in [5.74, 6) is -0.534. The first kappa shape index (κ1) is 16.8. The molecule has 120 valence electrons. The molecule has 5 nitrogen and oxygen atoms in total. The fourth-order valence-corrected chi connectivity index (χ4v) is 2.99. The number of nitrogen functional groups attached to an aromatic ring is 1. The van der Waals surface area contributed by atoms with E-state index in [1.807, 2.05) is 38.1 Å². The second-order valence-corrected chi connectivity index (χ2v) is 6.04. The van der Waals surface area contributed by atoms with Gasteiger partial charge in [0.15, 0.2) is 5.06 Å². The Hall–Kier alpha value is -2.52. The molecule has 1 aromatic heterocycles. The number of ether oxygens (including phenoxy) is 2. The summed E-state index contributed by atoms with van der Waals surface area (Å²) in [7, 11) is 0. The van der Waals surface area contributed by atoms with E-state index in [9.17, 15) is 10.1 Å². The summed E-state index contributed by atoms with van der Waals surface area (Å²) in [6.45, 7) is 6.27. The lowest BCUT2D eigenvalue weighted by molar-refractivity contribution is 0.0533. The lowest BCUT2D eigenvalue weighted by Crippen LogP contribution is -2.05. The van der Waals surface area contributed by atoms with Crippen molar-refractivity contribution in [1.29, 1.82) is 5.26 Å². The molecule has 0 saturated carbocycles. The van der Waals surface area contributed by atoms with E-state index in [1.165, 1.54) is 0 Å². The molecule has 0 aliphatic rings. The Kier molecular flexibility index (Phi) is 5.24. The van der Waals surface area contributed by atoms with Crippen LogP contribution < -0.4 is 10.5 Å². The maximum atomic E-state index is 11.9. The zero-order chi connectivity index (χ0) is 17.0. The van der Waals surface area contributed by atoms with Gasteiger partial charge in [0.2, 0.25) is 0 Å². The van der Waals surface area contributed by atoms with Gasteiger partial charge in [0, 0.05) is 0 Å². The van der Waals surface area contributed by atoms with Gasteiger partial charge in [0.05, 0.1) is 12.3 Å². The molecular formula is C17H18N2O3S. The lowest BCUT2D eigenvalue weighted by Gasteiger charge is -2.08. The first-order chi connectivity index (χ1) is 11.0. The summed E-state index contributed by atoms with van der Waals surface area (Å²) in [4.78, 5) is 12.1. The van der Waals surface area contributed by atoms with E-state index in [0.717, 1.165) is 28.0 Å². The lowest BCUT2D eigenvalue weighted by atomic mass is 10.1. The van der Waals surface area contributed by atoms with Crippen molar-refractivity contribution < 1.29 is 14.3 Å². The van der Waals surface area contributed by atoms with E-state index in [0.29, 0.717) is 11.7 Å². The van der Waals surface area contributed by atoms with Crippen LogP contribution in [0, 0.1) is 25.2 Å². The van der Waals surface area contributed by atoms with Gasteiger partial charge in [-0.1, -0.05) is 35.1 Å². The molecule has 0 atom stereocenters. The first-order valence-electron chi connectivity index (χ1n) is 7.16. The molecule has 1 aromatic carbocycles. The minimum absolute atomic E-state index is 0.118. The standard InChI is InChI=1S/C17H18N2O3S/c1-4-21-16(20)15-14(19)13(8-18)17(23-15)22-9-12-7-10(2)5-6-11(12)3/h5-7H,4,9,19H2,1-3H3. The monoisotopic (exact) mass is 330 g/mol. The molecule has 2 N–H and O–H groups in total. The first-order valence-corrected chi connectivity index (χ1v) is 7.98. The van der Waals surface area contributed by atoms with E-state index < -0.39 is 5.97 Å². The summed E-state index contributed by atoms with van der Waals surface area (Å²) in [6.07, 6.45) is 0. The predicted molar refractivity (Wildman–Crippen MR) is 89.7 cm³/mol. The van der Waals surface area contributed by atoms with Crippen LogP contribution in [-0.4, -0.2) is 12.6 Å². The number of esters is 1. The normalized spacial score (nSPS) is 10.2. The molecule has 0 radical (unpaired) electrons. The number of carbonyl (C=O) groups is 1. The number of aryl methyl sites for hydroxylation is 2. The van der Waals surface area contributed by atoms with Crippen molar-refractivity contribution in [3.8, 4) is 11.1 Å². The van der Waals surface area contributed by atoms with Crippen molar-refractivity contribution >= 4 is 23.0 Å². The van der Waals surface area contributed by atoms with Gasteiger partial charge in [-0.05, 0) is 31.9 Å². The number of nitrogens with zero attached hydrogens (tertiary/aromatic N) is 1. The fraction of sp³-hybridized carbons (Fsp3) is 0.294. The Morgan fingerprint density at radius 2 is 2.13 bits per heavy atom. The fourth-order valence-electron chi connectivity index (χ4n) is 2.08. The summed E-state index contributed by atoms with van der Waals surface area (Å²) < 4.78 is 10.7. The molecule has 0 aliphatic carbocycles. The molecule has 0 aliphatic heterocycles. The summed E-state index contributed by atoms with van der Waals surface area (Å²) in [5.41, 5.74) is 9.44. The number of nitriles is 1. The largest absolute Gasteiger partial charge is 0.478 e. The van der Waals surface area contributed by atoms with E-state index >= 15 is 0 Å². The number of thiophene rings is 1. The van der Waals surface area contributed by atoms with Crippen LogP contribution in [-0.2, 0) is 11.3 Å². The molecule has 0 saturated heterocycles. The van der Waals surface area contributed by atoms with Crippen LogP contribution in [0.4, 0.5) is 5.69 Å². The third kappa shape index (κ3) is 3.63. The van der Waals surface area contributed by atoms with Gasteiger partial charge < -0.3 is 15.2 Å². The highest BCUT2D eigenvalue weighted by molar-refractivity contribution is 7.16. The Morgan fingerprint density at radius 1 is 1.39 bits per heavy atom. The Labute approximate surface area is 139 Å². The van der Waals surface area contributed by atoms with Crippen molar-refractivity contribution in [2.75, 3.05) is 12.3 Å². The summed E-state index contributed by atoms with van der Waals surface area (Å²) in [6, 6.07) is 8.08. The SMILES string of the molecule is CCOC(=O)c1sc(OCc2cc(C)ccc2C)c(C#N)c1N. The van der Waals surface area contributed by atoms with E-state index in [2.05, 4.69) is 0 Å². The highest BCUT2D eigenvalue weighted by Crippen LogP contribution is 2.38. The summed E-state index contributed by atoms with van der Waals surface area (Å²) >= 11 is 1.04. The molecule has 2 aromatic rings. The third-order valence-corrected chi connectivity index (χ3v) is 4.45. The smallest absolute Gasteiger partial charge is 0.350 e. The number of carbonyl (C=O) groups excluding carboxylic acids is 1. The number of hydrogen-bond donors (Lipinski definition) is 1. The van der Waals surface area contributed by atoms with Crippen LogP contribution in [0.25, 0.3) is 0 Å². The molecule has 0 fully saturated rings. The number of hydrogen-bond acceptors (Lipinski definition) is 6. The van der Waals surface area contributed by atoms with E-state index in [4.69, 9.17) is 15.2 Å². The molecular weight excluding hydrogens is 312 g/mol. The van der Waals surface area contributed by atoms with Crippen molar-refractivity contribution in [1.82, 2.24) is 0 Å².